The van der Waals surface area contributed by atoms with Crippen molar-refractivity contribution in [3.63, 3.8) is 0 Å². The molecule has 0 aliphatic rings. The summed E-state index contributed by atoms with van der Waals surface area (Å²) in [5.41, 5.74) is 4.14. The van der Waals surface area contributed by atoms with Crippen molar-refractivity contribution in [2.45, 2.75) is 40.3 Å². The molecule has 1 aromatic carbocycles. The third kappa shape index (κ3) is 4.32. The van der Waals surface area contributed by atoms with Crippen LogP contribution >= 0.6 is 31.9 Å². The first kappa shape index (κ1) is 19.8. The van der Waals surface area contributed by atoms with Gasteiger partial charge in [0.1, 0.15) is 6.04 Å². The lowest BCUT2D eigenvalue weighted by Crippen LogP contribution is -2.25. The fourth-order valence-electron chi connectivity index (χ4n) is 2.80. The molecule has 3 rings (SSSR count). The number of benzene rings is 1. The molecule has 3 aromatic rings. The molecule has 0 aliphatic heterocycles. The Morgan fingerprint density at radius 1 is 1.15 bits per heavy atom. The Bertz CT molecular complexity index is 975. The zero-order valence-corrected chi connectivity index (χ0v) is 18.8. The Morgan fingerprint density at radius 2 is 1.81 bits per heavy atom. The summed E-state index contributed by atoms with van der Waals surface area (Å²) in [6.07, 6.45) is 1.86. The second-order valence-electron chi connectivity index (χ2n) is 6.60. The maximum Gasteiger partial charge on any atom is 0.250 e. The molecule has 2 heterocycles. The molecule has 0 spiro atoms. The van der Waals surface area contributed by atoms with Crippen LogP contribution in [0.15, 0.2) is 39.4 Å². The Morgan fingerprint density at radius 3 is 2.41 bits per heavy atom. The number of nitrogens with one attached hydrogen (secondary N) is 1. The molecule has 0 bridgehead atoms. The van der Waals surface area contributed by atoms with Gasteiger partial charge >= 0.3 is 0 Å². The Kier molecular flexibility index (Phi) is 5.86. The number of amides is 1. The number of carbonyl (C=O) groups is 1. The Balaban J connectivity index is 1.73. The van der Waals surface area contributed by atoms with Crippen LogP contribution in [0.3, 0.4) is 0 Å². The van der Waals surface area contributed by atoms with Crippen LogP contribution in [0.1, 0.15) is 35.5 Å². The highest BCUT2D eigenvalue weighted by molar-refractivity contribution is 9.11. The second-order valence-corrected chi connectivity index (χ2v) is 8.25. The summed E-state index contributed by atoms with van der Waals surface area (Å²) < 4.78 is 5.18. The topological polar surface area (TPSA) is 64.7 Å². The molecule has 0 fully saturated rings. The van der Waals surface area contributed by atoms with Gasteiger partial charge in [-0.05, 0) is 65.1 Å². The fourth-order valence-corrected chi connectivity index (χ4v) is 3.47. The van der Waals surface area contributed by atoms with Crippen molar-refractivity contribution in [2.24, 2.45) is 0 Å². The van der Waals surface area contributed by atoms with Gasteiger partial charge in [0.15, 0.2) is 5.82 Å². The van der Waals surface area contributed by atoms with Crippen molar-refractivity contribution >= 4 is 43.6 Å². The number of carbonyl (C=O) groups excluding carboxylic acids is 1. The van der Waals surface area contributed by atoms with E-state index < -0.39 is 6.04 Å². The van der Waals surface area contributed by atoms with E-state index in [1.54, 1.807) is 9.36 Å². The van der Waals surface area contributed by atoms with E-state index in [9.17, 15) is 4.79 Å². The largest absolute Gasteiger partial charge is 0.306 e. The summed E-state index contributed by atoms with van der Waals surface area (Å²) in [5, 5.41) is 11.8. The van der Waals surface area contributed by atoms with Gasteiger partial charge in [-0.3, -0.25) is 14.2 Å². The quantitative estimate of drug-likeness (QED) is 0.555. The molecule has 1 unspecified atom stereocenters. The average Bonchev–Trinajstić information content (AvgIpc) is 3.10. The van der Waals surface area contributed by atoms with E-state index >= 15 is 0 Å². The normalized spacial score (nSPS) is 12.2. The molecule has 1 atom stereocenters. The lowest BCUT2D eigenvalue weighted by atomic mass is 10.1. The van der Waals surface area contributed by atoms with Crippen molar-refractivity contribution in [3.05, 3.63) is 61.9 Å². The van der Waals surface area contributed by atoms with E-state index in [0.29, 0.717) is 12.4 Å². The van der Waals surface area contributed by atoms with Crippen LogP contribution in [0.2, 0.25) is 0 Å². The highest BCUT2D eigenvalue weighted by Crippen LogP contribution is 2.25. The van der Waals surface area contributed by atoms with Crippen LogP contribution in [-0.2, 0) is 11.3 Å². The summed E-state index contributed by atoms with van der Waals surface area (Å²) in [4.78, 5) is 12.7. The van der Waals surface area contributed by atoms with Crippen LogP contribution in [0.25, 0.3) is 0 Å². The SMILES string of the molecule is Cc1ccc(Cn2cc(Br)c(NC(=O)C(C)n3nc(C)c(Br)c3C)n2)cc1. The Hall–Kier alpha value is -1.93. The number of aromatic nitrogens is 4. The third-order valence-corrected chi connectivity index (χ3v) is 6.13. The molecule has 142 valence electrons. The van der Waals surface area contributed by atoms with Gasteiger partial charge in [0.05, 0.1) is 26.9 Å². The van der Waals surface area contributed by atoms with Crippen molar-refractivity contribution in [3.8, 4) is 0 Å². The molecule has 27 heavy (non-hydrogen) atoms. The van der Waals surface area contributed by atoms with E-state index in [1.807, 2.05) is 27.0 Å². The summed E-state index contributed by atoms with van der Waals surface area (Å²) in [6, 6.07) is 7.84. The van der Waals surface area contributed by atoms with E-state index in [2.05, 4.69) is 78.6 Å². The standard InChI is InChI=1S/C19H21Br2N5O/c1-11-5-7-15(8-6-11)9-25-10-16(20)18(24-25)22-19(27)14(4)26-13(3)17(21)12(2)23-26/h5-8,10,14H,9H2,1-4H3,(H,22,24,27). The van der Waals surface area contributed by atoms with E-state index in [0.717, 1.165) is 25.9 Å². The summed E-state index contributed by atoms with van der Waals surface area (Å²) in [5.74, 6) is 0.328. The lowest BCUT2D eigenvalue weighted by Gasteiger charge is -2.13. The number of hydrogen-bond acceptors (Lipinski definition) is 3. The van der Waals surface area contributed by atoms with Crippen LogP contribution in [0.5, 0.6) is 0 Å². The number of rotatable bonds is 5. The molecule has 2 aromatic heterocycles. The molecule has 0 saturated carbocycles. The summed E-state index contributed by atoms with van der Waals surface area (Å²) >= 11 is 6.98. The lowest BCUT2D eigenvalue weighted by molar-refractivity contribution is -0.119. The maximum atomic E-state index is 12.7. The molecular weight excluding hydrogens is 474 g/mol. The molecule has 0 saturated heterocycles. The zero-order chi connectivity index (χ0) is 19.7. The molecule has 8 heteroatoms. The zero-order valence-electron chi connectivity index (χ0n) is 15.6. The number of halogens is 2. The number of nitrogens with zero attached hydrogens (tertiary/aromatic N) is 4. The van der Waals surface area contributed by atoms with E-state index in [-0.39, 0.29) is 5.91 Å². The highest BCUT2D eigenvalue weighted by Gasteiger charge is 2.22. The molecule has 1 amide bonds. The molecule has 6 nitrogen and oxygen atoms in total. The van der Waals surface area contributed by atoms with Crippen LogP contribution in [0, 0.1) is 20.8 Å². The smallest absolute Gasteiger partial charge is 0.250 e. The fraction of sp³-hybridized carbons (Fsp3) is 0.316. The molecule has 0 radical (unpaired) electrons. The van der Waals surface area contributed by atoms with Crippen molar-refractivity contribution in [1.82, 2.24) is 19.6 Å². The minimum Gasteiger partial charge on any atom is -0.306 e. The third-order valence-electron chi connectivity index (χ3n) is 4.41. The maximum absolute atomic E-state index is 12.7. The average molecular weight is 495 g/mol. The first-order chi connectivity index (χ1) is 12.8. The minimum atomic E-state index is -0.454. The summed E-state index contributed by atoms with van der Waals surface area (Å²) in [7, 11) is 0. The van der Waals surface area contributed by atoms with Gasteiger partial charge in [-0.25, -0.2) is 0 Å². The van der Waals surface area contributed by atoms with Gasteiger partial charge in [0.25, 0.3) is 0 Å². The van der Waals surface area contributed by atoms with Gasteiger partial charge in [-0.1, -0.05) is 29.8 Å². The Labute approximate surface area is 175 Å². The van der Waals surface area contributed by atoms with Crippen LogP contribution in [0.4, 0.5) is 5.82 Å². The van der Waals surface area contributed by atoms with Gasteiger partial charge in [0, 0.05) is 6.20 Å². The molecular formula is C19H21Br2N5O. The van der Waals surface area contributed by atoms with Crippen LogP contribution < -0.4 is 5.32 Å². The van der Waals surface area contributed by atoms with Gasteiger partial charge in [-0.2, -0.15) is 10.2 Å². The van der Waals surface area contributed by atoms with E-state index in [4.69, 9.17) is 0 Å². The second kappa shape index (κ2) is 7.98. The van der Waals surface area contributed by atoms with Gasteiger partial charge < -0.3 is 5.32 Å². The first-order valence-corrected chi connectivity index (χ1v) is 10.2. The van der Waals surface area contributed by atoms with Crippen molar-refractivity contribution in [1.29, 1.82) is 0 Å². The van der Waals surface area contributed by atoms with Gasteiger partial charge in [-0.15, -0.1) is 0 Å². The monoisotopic (exact) mass is 493 g/mol. The summed E-state index contributed by atoms with van der Waals surface area (Å²) in [6.45, 7) is 8.35. The molecule has 0 aliphatic carbocycles. The van der Waals surface area contributed by atoms with Crippen LogP contribution in [-0.4, -0.2) is 25.5 Å². The van der Waals surface area contributed by atoms with Crippen molar-refractivity contribution < 1.29 is 4.79 Å². The predicted octanol–water partition coefficient (Wildman–Crippen LogP) is 4.78. The van der Waals surface area contributed by atoms with Gasteiger partial charge in [0.2, 0.25) is 5.91 Å². The number of hydrogen-bond donors (Lipinski definition) is 1. The number of anilines is 1. The molecule has 1 N–H and O–H groups in total. The first-order valence-electron chi connectivity index (χ1n) is 8.57. The van der Waals surface area contributed by atoms with E-state index in [1.165, 1.54) is 5.56 Å². The number of aryl methyl sites for hydroxylation is 2. The highest BCUT2D eigenvalue weighted by atomic mass is 79.9. The minimum absolute atomic E-state index is 0.172. The van der Waals surface area contributed by atoms with Crippen molar-refractivity contribution in [2.75, 3.05) is 5.32 Å². The predicted molar refractivity (Wildman–Crippen MR) is 113 cm³/mol.